The SMILES string of the molecule is O=C(Cc1cc(-c2cc3ccccc3o2)on1)Nc1ccc(Cl)cc1. The average Bonchev–Trinajstić information content (AvgIpc) is 3.23. The number of benzene rings is 2. The second-order valence-corrected chi connectivity index (χ2v) is 6.00. The molecule has 0 aliphatic heterocycles. The predicted octanol–water partition coefficient (Wildman–Crippen LogP) is 4.92. The Balaban J connectivity index is 1.47. The number of hydrogen-bond acceptors (Lipinski definition) is 4. The van der Waals surface area contributed by atoms with Crippen molar-refractivity contribution in [1.82, 2.24) is 5.16 Å². The minimum atomic E-state index is -0.188. The topological polar surface area (TPSA) is 68.3 Å². The maximum absolute atomic E-state index is 12.1. The molecule has 0 saturated heterocycles. The van der Waals surface area contributed by atoms with Crippen molar-refractivity contribution in [3.8, 4) is 11.5 Å². The number of carbonyl (C=O) groups is 1. The molecule has 0 fully saturated rings. The van der Waals surface area contributed by atoms with Crippen LogP contribution in [0.1, 0.15) is 5.69 Å². The van der Waals surface area contributed by atoms with E-state index in [-0.39, 0.29) is 12.3 Å². The van der Waals surface area contributed by atoms with Gasteiger partial charge in [0.25, 0.3) is 0 Å². The summed E-state index contributed by atoms with van der Waals surface area (Å²) in [6.07, 6.45) is 0.104. The van der Waals surface area contributed by atoms with E-state index < -0.39 is 0 Å². The number of rotatable bonds is 4. The zero-order valence-corrected chi connectivity index (χ0v) is 13.8. The Morgan fingerprint density at radius 1 is 1.04 bits per heavy atom. The van der Waals surface area contributed by atoms with Crippen molar-refractivity contribution in [2.75, 3.05) is 5.32 Å². The fourth-order valence-electron chi connectivity index (χ4n) is 2.52. The van der Waals surface area contributed by atoms with Crippen molar-refractivity contribution in [2.45, 2.75) is 6.42 Å². The fourth-order valence-corrected chi connectivity index (χ4v) is 2.64. The number of aromatic nitrogens is 1. The molecule has 124 valence electrons. The predicted molar refractivity (Wildman–Crippen MR) is 95.5 cm³/mol. The Kier molecular flexibility index (Phi) is 3.99. The summed E-state index contributed by atoms with van der Waals surface area (Å²) in [5.74, 6) is 0.885. The van der Waals surface area contributed by atoms with Gasteiger partial charge in [-0.3, -0.25) is 4.79 Å². The molecule has 0 aliphatic rings. The second kappa shape index (κ2) is 6.45. The van der Waals surface area contributed by atoms with Gasteiger partial charge < -0.3 is 14.3 Å². The molecule has 25 heavy (non-hydrogen) atoms. The van der Waals surface area contributed by atoms with Crippen LogP contribution < -0.4 is 5.32 Å². The molecule has 1 N–H and O–H groups in total. The number of hydrogen-bond donors (Lipinski definition) is 1. The number of halogens is 1. The first-order chi connectivity index (χ1) is 12.2. The molecule has 4 aromatic rings. The normalized spacial score (nSPS) is 10.9. The molecule has 0 saturated carbocycles. The molecule has 0 radical (unpaired) electrons. The Labute approximate surface area is 148 Å². The van der Waals surface area contributed by atoms with Crippen LogP contribution in [0, 0.1) is 0 Å². The van der Waals surface area contributed by atoms with Crippen molar-refractivity contribution in [3.63, 3.8) is 0 Å². The third-order valence-corrected chi connectivity index (χ3v) is 3.95. The Bertz CT molecular complexity index is 1000. The van der Waals surface area contributed by atoms with Gasteiger partial charge in [-0.15, -0.1) is 0 Å². The number of fused-ring (bicyclic) bond motifs is 1. The molecule has 2 heterocycles. The van der Waals surface area contributed by atoms with Gasteiger partial charge >= 0.3 is 0 Å². The van der Waals surface area contributed by atoms with Crippen LogP contribution in [-0.4, -0.2) is 11.1 Å². The van der Waals surface area contributed by atoms with Gasteiger partial charge in [-0.1, -0.05) is 35.0 Å². The molecular formula is C19H13ClN2O3. The zero-order chi connectivity index (χ0) is 17.2. The molecule has 5 nitrogen and oxygen atoms in total. The number of furan rings is 1. The van der Waals surface area contributed by atoms with Gasteiger partial charge in [-0.2, -0.15) is 0 Å². The van der Waals surface area contributed by atoms with Crippen molar-refractivity contribution in [2.24, 2.45) is 0 Å². The summed E-state index contributed by atoms with van der Waals surface area (Å²) in [7, 11) is 0. The number of amides is 1. The highest BCUT2D eigenvalue weighted by molar-refractivity contribution is 6.30. The Morgan fingerprint density at radius 3 is 2.64 bits per heavy atom. The van der Waals surface area contributed by atoms with E-state index in [1.54, 1.807) is 30.3 Å². The standard InChI is InChI=1S/C19H13ClN2O3/c20-13-5-7-14(8-6-13)21-19(23)11-15-10-18(25-22-15)17-9-12-3-1-2-4-16(12)24-17/h1-10H,11H2,(H,21,23). The van der Waals surface area contributed by atoms with Gasteiger partial charge in [0.15, 0.2) is 5.76 Å². The van der Waals surface area contributed by atoms with Gasteiger partial charge in [0.1, 0.15) is 5.58 Å². The lowest BCUT2D eigenvalue weighted by Gasteiger charge is -2.03. The van der Waals surface area contributed by atoms with Crippen LogP contribution in [0.4, 0.5) is 5.69 Å². The largest absolute Gasteiger partial charge is 0.453 e. The molecule has 0 unspecified atom stereocenters. The summed E-state index contributed by atoms with van der Waals surface area (Å²) in [5.41, 5.74) is 1.98. The van der Waals surface area contributed by atoms with E-state index in [0.717, 1.165) is 11.0 Å². The smallest absolute Gasteiger partial charge is 0.230 e. The van der Waals surface area contributed by atoms with Crippen molar-refractivity contribution < 1.29 is 13.7 Å². The minimum absolute atomic E-state index is 0.104. The molecule has 0 bridgehead atoms. The monoisotopic (exact) mass is 352 g/mol. The van der Waals surface area contributed by atoms with E-state index in [1.807, 2.05) is 30.3 Å². The lowest BCUT2D eigenvalue weighted by molar-refractivity contribution is -0.115. The summed E-state index contributed by atoms with van der Waals surface area (Å²) < 4.78 is 11.0. The molecule has 2 aromatic heterocycles. The van der Waals surface area contributed by atoms with Gasteiger partial charge in [0.05, 0.1) is 12.1 Å². The molecule has 4 rings (SSSR count). The quantitative estimate of drug-likeness (QED) is 0.566. The van der Waals surface area contributed by atoms with Crippen molar-refractivity contribution in [3.05, 3.63) is 71.4 Å². The van der Waals surface area contributed by atoms with Crippen LogP contribution >= 0.6 is 11.6 Å². The van der Waals surface area contributed by atoms with E-state index in [4.69, 9.17) is 20.5 Å². The van der Waals surface area contributed by atoms with Gasteiger partial charge in [0, 0.05) is 22.2 Å². The van der Waals surface area contributed by atoms with E-state index in [0.29, 0.717) is 27.9 Å². The summed E-state index contributed by atoms with van der Waals surface area (Å²) in [6.45, 7) is 0. The highest BCUT2D eigenvalue weighted by Crippen LogP contribution is 2.28. The maximum atomic E-state index is 12.1. The lowest BCUT2D eigenvalue weighted by Crippen LogP contribution is -2.14. The van der Waals surface area contributed by atoms with E-state index >= 15 is 0 Å². The molecule has 1 amide bonds. The minimum Gasteiger partial charge on any atom is -0.453 e. The maximum Gasteiger partial charge on any atom is 0.230 e. The van der Waals surface area contributed by atoms with Crippen LogP contribution in [0.25, 0.3) is 22.5 Å². The molecule has 0 atom stereocenters. The Hall–Kier alpha value is -3.05. The van der Waals surface area contributed by atoms with Crippen LogP contribution in [-0.2, 0) is 11.2 Å². The summed E-state index contributed by atoms with van der Waals surface area (Å²) in [6, 6.07) is 18.2. The number of anilines is 1. The zero-order valence-electron chi connectivity index (χ0n) is 13.0. The first-order valence-electron chi connectivity index (χ1n) is 7.67. The third-order valence-electron chi connectivity index (χ3n) is 3.70. The summed E-state index contributed by atoms with van der Waals surface area (Å²) in [4.78, 5) is 12.1. The average molecular weight is 353 g/mol. The number of nitrogens with one attached hydrogen (secondary N) is 1. The Morgan fingerprint density at radius 2 is 1.84 bits per heavy atom. The number of para-hydroxylation sites is 1. The summed E-state index contributed by atoms with van der Waals surface area (Å²) >= 11 is 5.82. The van der Waals surface area contributed by atoms with E-state index in [2.05, 4.69) is 10.5 Å². The molecule has 0 aliphatic carbocycles. The van der Waals surface area contributed by atoms with Gasteiger partial charge in [-0.05, 0) is 36.4 Å². The van der Waals surface area contributed by atoms with Crippen molar-refractivity contribution in [1.29, 1.82) is 0 Å². The van der Waals surface area contributed by atoms with E-state index in [1.165, 1.54) is 0 Å². The first kappa shape index (κ1) is 15.5. The highest BCUT2D eigenvalue weighted by atomic mass is 35.5. The number of nitrogens with zero attached hydrogens (tertiary/aromatic N) is 1. The van der Waals surface area contributed by atoms with Gasteiger partial charge in [-0.25, -0.2) is 0 Å². The molecular weight excluding hydrogens is 340 g/mol. The fraction of sp³-hybridized carbons (Fsp3) is 0.0526. The molecule has 2 aromatic carbocycles. The lowest BCUT2D eigenvalue weighted by atomic mass is 10.2. The number of carbonyl (C=O) groups excluding carboxylic acids is 1. The van der Waals surface area contributed by atoms with Crippen LogP contribution in [0.3, 0.4) is 0 Å². The first-order valence-corrected chi connectivity index (χ1v) is 8.05. The van der Waals surface area contributed by atoms with Crippen LogP contribution in [0.5, 0.6) is 0 Å². The third kappa shape index (κ3) is 3.41. The molecule has 0 spiro atoms. The molecule has 6 heteroatoms. The second-order valence-electron chi connectivity index (χ2n) is 5.56. The van der Waals surface area contributed by atoms with Crippen LogP contribution in [0.15, 0.2) is 69.6 Å². The van der Waals surface area contributed by atoms with Crippen molar-refractivity contribution >= 4 is 34.2 Å². The van der Waals surface area contributed by atoms with E-state index in [9.17, 15) is 4.79 Å². The summed E-state index contributed by atoms with van der Waals surface area (Å²) in [5, 5.41) is 8.33. The van der Waals surface area contributed by atoms with Gasteiger partial charge in [0.2, 0.25) is 11.7 Å². The highest BCUT2D eigenvalue weighted by Gasteiger charge is 2.14. The van der Waals surface area contributed by atoms with Crippen LogP contribution in [0.2, 0.25) is 5.02 Å².